The number of anilines is 1. The van der Waals surface area contributed by atoms with Crippen LogP contribution in [0.3, 0.4) is 0 Å². The summed E-state index contributed by atoms with van der Waals surface area (Å²) in [6, 6.07) is 5.53. The second-order valence-electron chi connectivity index (χ2n) is 4.85. The molecule has 0 spiro atoms. The summed E-state index contributed by atoms with van der Waals surface area (Å²) in [6.07, 6.45) is 0.845. The summed E-state index contributed by atoms with van der Waals surface area (Å²) < 4.78 is 24.9. The fourth-order valence-electron chi connectivity index (χ4n) is 2.38. The fraction of sp³-hybridized carbons (Fsp3) is 0.538. The van der Waals surface area contributed by atoms with Crippen molar-refractivity contribution in [3.05, 3.63) is 23.8 Å². The Balaban J connectivity index is 2.59. The van der Waals surface area contributed by atoms with E-state index < -0.39 is 9.84 Å². The van der Waals surface area contributed by atoms with Crippen molar-refractivity contribution in [2.45, 2.75) is 37.3 Å². The molecule has 94 valence electrons. The molecule has 4 heteroatoms. The van der Waals surface area contributed by atoms with Gasteiger partial charge in [0.25, 0.3) is 0 Å². The van der Waals surface area contributed by atoms with Crippen LogP contribution in [0, 0.1) is 5.92 Å². The molecule has 1 heterocycles. The van der Waals surface area contributed by atoms with Gasteiger partial charge in [0.05, 0.1) is 15.8 Å². The van der Waals surface area contributed by atoms with Gasteiger partial charge < -0.3 is 5.32 Å². The monoisotopic (exact) mass is 253 g/mol. The van der Waals surface area contributed by atoms with Gasteiger partial charge in [0.2, 0.25) is 0 Å². The van der Waals surface area contributed by atoms with Gasteiger partial charge in [-0.2, -0.15) is 0 Å². The fourth-order valence-corrected chi connectivity index (χ4v) is 4.48. The minimum absolute atomic E-state index is 0.130. The minimum atomic E-state index is -3.18. The molecule has 1 aromatic carbocycles. The van der Waals surface area contributed by atoms with E-state index in [1.807, 2.05) is 32.9 Å². The van der Waals surface area contributed by atoms with E-state index in [1.165, 1.54) is 0 Å². The highest BCUT2D eigenvalue weighted by Crippen LogP contribution is 2.34. The Hall–Kier alpha value is -1.03. The van der Waals surface area contributed by atoms with E-state index in [4.69, 9.17) is 0 Å². The molecule has 1 aliphatic rings. The highest BCUT2D eigenvalue weighted by molar-refractivity contribution is 7.92. The molecule has 0 fully saturated rings. The van der Waals surface area contributed by atoms with Gasteiger partial charge in [-0.05, 0) is 24.0 Å². The predicted molar refractivity (Wildman–Crippen MR) is 70.1 cm³/mol. The van der Waals surface area contributed by atoms with Crippen molar-refractivity contribution < 1.29 is 8.42 Å². The number of aryl methyl sites for hydroxylation is 1. The van der Waals surface area contributed by atoms with Gasteiger partial charge in [-0.25, -0.2) is 8.42 Å². The Morgan fingerprint density at radius 1 is 1.41 bits per heavy atom. The minimum Gasteiger partial charge on any atom is -0.382 e. The number of sulfone groups is 1. The highest BCUT2D eigenvalue weighted by atomic mass is 32.2. The van der Waals surface area contributed by atoms with E-state index in [9.17, 15) is 8.42 Å². The van der Waals surface area contributed by atoms with Crippen LogP contribution >= 0.6 is 0 Å². The first kappa shape index (κ1) is 12.4. The number of fused-ring (bicyclic) bond motifs is 1. The first-order valence-corrected chi connectivity index (χ1v) is 7.62. The van der Waals surface area contributed by atoms with Crippen molar-refractivity contribution in [3.8, 4) is 0 Å². The van der Waals surface area contributed by atoms with E-state index in [-0.39, 0.29) is 11.2 Å². The summed E-state index contributed by atoms with van der Waals surface area (Å²) in [5, 5.41) is 2.97. The predicted octanol–water partition coefficient (Wildman–Crippen LogP) is 2.47. The number of benzene rings is 1. The van der Waals surface area contributed by atoms with Crippen molar-refractivity contribution in [2.75, 3.05) is 11.9 Å². The smallest absolute Gasteiger partial charge is 0.185 e. The molecule has 1 aliphatic heterocycles. The third kappa shape index (κ3) is 1.95. The quantitative estimate of drug-likeness (QED) is 0.880. The maximum Gasteiger partial charge on any atom is 0.185 e. The second-order valence-corrected chi connectivity index (χ2v) is 6.99. The van der Waals surface area contributed by atoms with Gasteiger partial charge in [-0.1, -0.05) is 32.9 Å². The maximum atomic E-state index is 12.5. The normalized spacial score (nSPS) is 22.0. The Morgan fingerprint density at radius 2 is 2.12 bits per heavy atom. The van der Waals surface area contributed by atoms with Crippen LogP contribution in [0.2, 0.25) is 0 Å². The molecule has 2 rings (SSSR count). The van der Waals surface area contributed by atoms with E-state index in [0.29, 0.717) is 11.4 Å². The van der Waals surface area contributed by atoms with Crippen LogP contribution in [0.25, 0.3) is 0 Å². The van der Waals surface area contributed by atoms with Gasteiger partial charge >= 0.3 is 0 Å². The molecule has 1 atom stereocenters. The molecular weight excluding hydrogens is 234 g/mol. The molecule has 0 radical (unpaired) electrons. The van der Waals surface area contributed by atoms with Crippen LogP contribution < -0.4 is 5.32 Å². The SMILES string of the molecule is CCc1cccc2c1NCC(C(C)C)S2(=O)=O. The van der Waals surface area contributed by atoms with Crippen molar-refractivity contribution in [3.63, 3.8) is 0 Å². The molecule has 0 saturated heterocycles. The van der Waals surface area contributed by atoms with Crippen LogP contribution in [0.4, 0.5) is 5.69 Å². The van der Waals surface area contributed by atoms with E-state index in [0.717, 1.165) is 17.7 Å². The maximum absolute atomic E-state index is 12.5. The lowest BCUT2D eigenvalue weighted by molar-refractivity contribution is 0.533. The number of para-hydroxylation sites is 1. The first-order valence-electron chi connectivity index (χ1n) is 6.08. The lowest BCUT2D eigenvalue weighted by atomic mass is 10.1. The zero-order chi connectivity index (χ0) is 12.6. The van der Waals surface area contributed by atoms with Gasteiger partial charge in [0.15, 0.2) is 9.84 Å². The molecule has 1 unspecified atom stereocenters. The van der Waals surface area contributed by atoms with Crippen molar-refractivity contribution in [1.82, 2.24) is 0 Å². The summed E-state index contributed by atoms with van der Waals surface area (Å²) >= 11 is 0. The number of rotatable bonds is 2. The third-order valence-electron chi connectivity index (χ3n) is 3.42. The van der Waals surface area contributed by atoms with Crippen LogP contribution in [0.5, 0.6) is 0 Å². The molecule has 0 amide bonds. The van der Waals surface area contributed by atoms with E-state index >= 15 is 0 Å². The van der Waals surface area contributed by atoms with Gasteiger partial charge in [-0.3, -0.25) is 0 Å². The van der Waals surface area contributed by atoms with Crippen LogP contribution in [-0.2, 0) is 16.3 Å². The molecule has 0 saturated carbocycles. The lowest BCUT2D eigenvalue weighted by Gasteiger charge is -2.30. The average molecular weight is 253 g/mol. The molecule has 0 aliphatic carbocycles. The zero-order valence-electron chi connectivity index (χ0n) is 10.5. The van der Waals surface area contributed by atoms with Crippen molar-refractivity contribution in [2.24, 2.45) is 5.92 Å². The van der Waals surface area contributed by atoms with Crippen molar-refractivity contribution in [1.29, 1.82) is 0 Å². The third-order valence-corrected chi connectivity index (χ3v) is 5.88. The largest absolute Gasteiger partial charge is 0.382 e. The Labute approximate surface area is 103 Å². The molecule has 17 heavy (non-hydrogen) atoms. The molecule has 0 bridgehead atoms. The van der Waals surface area contributed by atoms with Crippen LogP contribution in [-0.4, -0.2) is 20.2 Å². The zero-order valence-corrected chi connectivity index (χ0v) is 11.3. The number of hydrogen-bond acceptors (Lipinski definition) is 3. The molecule has 3 nitrogen and oxygen atoms in total. The Morgan fingerprint density at radius 3 is 2.71 bits per heavy atom. The average Bonchev–Trinajstić information content (AvgIpc) is 2.27. The molecule has 1 N–H and O–H groups in total. The summed E-state index contributed by atoms with van der Waals surface area (Å²) in [5.41, 5.74) is 1.89. The lowest BCUT2D eigenvalue weighted by Crippen LogP contribution is -2.38. The van der Waals surface area contributed by atoms with Crippen LogP contribution in [0.15, 0.2) is 23.1 Å². The Bertz CT molecular complexity index is 520. The highest BCUT2D eigenvalue weighted by Gasteiger charge is 2.36. The first-order chi connectivity index (χ1) is 7.98. The molecular formula is C13H19NO2S. The Kier molecular flexibility index (Phi) is 3.17. The van der Waals surface area contributed by atoms with Crippen LogP contribution in [0.1, 0.15) is 26.3 Å². The summed E-state index contributed by atoms with van der Waals surface area (Å²) in [7, 11) is -3.18. The summed E-state index contributed by atoms with van der Waals surface area (Å²) in [4.78, 5) is 0.474. The standard InChI is InChI=1S/C13H19NO2S/c1-4-10-6-5-7-11-13(10)14-8-12(9(2)3)17(11,15)16/h5-7,9,12,14H,4,8H2,1-3H3. The topological polar surface area (TPSA) is 46.2 Å². The molecule has 1 aromatic rings. The number of nitrogens with one attached hydrogen (secondary N) is 1. The molecule has 0 aromatic heterocycles. The summed E-state index contributed by atoms with van der Waals surface area (Å²) in [5.74, 6) is 0.130. The van der Waals surface area contributed by atoms with Gasteiger partial charge in [-0.15, -0.1) is 0 Å². The van der Waals surface area contributed by atoms with E-state index in [2.05, 4.69) is 5.32 Å². The van der Waals surface area contributed by atoms with Gasteiger partial charge in [0, 0.05) is 6.54 Å². The van der Waals surface area contributed by atoms with Crippen molar-refractivity contribution >= 4 is 15.5 Å². The number of hydrogen-bond donors (Lipinski definition) is 1. The summed E-state index contributed by atoms with van der Waals surface area (Å²) in [6.45, 7) is 6.47. The van der Waals surface area contributed by atoms with Gasteiger partial charge in [0.1, 0.15) is 0 Å². The van der Waals surface area contributed by atoms with E-state index in [1.54, 1.807) is 6.07 Å². The second kappa shape index (κ2) is 4.33.